The van der Waals surface area contributed by atoms with Crippen LogP contribution in [0.15, 0.2) is 42.5 Å². The second-order valence-corrected chi connectivity index (χ2v) is 6.66. The van der Waals surface area contributed by atoms with Crippen molar-refractivity contribution in [1.82, 2.24) is 5.01 Å². The normalized spacial score (nSPS) is 13.5. The van der Waals surface area contributed by atoms with E-state index in [0.717, 1.165) is 5.56 Å². The van der Waals surface area contributed by atoms with Gasteiger partial charge in [-0.1, -0.05) is 35.9 Å². The van der Waals surface area contributed by atoms with Crippen molar-refractivity contribution < 1.29 is 19.0 Å². The Bertz CT molecular complexity index is 766. The minimum Gasteiger partial charge on any atom is -0.464 e. The molecule has 0 bridgehead atoms. The zero-order valence-corrected chi connectivity index (χ0v) is 15.5. The second kappa shape index (κ2) is 8.60. The van der Waals surface area contributed by atoms with E-state index in [-0.39, 0.29) is 19.0 Å². The molecule has 3 N–H and O–H groups in total. The first kappa shape index (κ1) is 20.3. The summed E-state index contributed by atoms with van der Waals surface area (Å²) in [7, 11) is 0. The molecule has 26 heavy (non-hydrogen) atoms. The van der Waals surface area contributed by atoms with Crippen LogP contribution in [0.2, 0.25) is 5.02 Å². The molecule has 0 saturated carbocycles. The van der Waals surface area contributed by atoms with Crippen LogP contribution in [0, 0.1) is 5.82 Å². The number of esters is 1. The summed E-state index contributed by atoms with van der Waals surface area (Å²) in [5.41, 5.74) is 0.252. The Hall–Kier alpha value is -1.99. The van der Waals surface area contributed by atoms with E-state index in [2.05, 4.69) is 0 Å². The minimum atomic E-state index is -1.70. The number of nitrogens with two attached hydrogens (primary N) is 1. The average Bonchev–Trinajstić information content (AvgIpc) is 2.57. The highest BCUT2D eigenvalue weighted by Crippen LogP contribution is 2.26. The van der Waals surface area contributed by atoms with Gasteiger partial charge in [-0.2, -0.15) is 0 Å². The van der Waals surface area contributed by atoms with Crippen molar-refractivity contribution in [3.05, 3.63) is 58.9 Å². The molecule has 2 aromatic rings. The van der Waals surface area contributed by atoms with Gasteiger partial charge in [0.05, 0.1) is 13.2 Å². The lowest BCUT2D eigenvalue weighted by atomic mass is 10.0. The number of ether oxygens (including phenoxy) is 1. The Morgan fingerprint density at radius 2 is 1.96 bits per heavy atom. The molecule has 2 rings (SSSR count). The average molecular weight is 381 g/mol. The van der Waals surface area contributed by atoms with Gasteiger partial charge in [0, 0.05) is 17.1 Å². The van der Waals surface area contributed by atoms with Crippen LogP contribution in [0.3, 0.4) is 0 Å². The summed E-state index contributed by atoms with van der Waals surface area (Å²) in [5.74, 6) is 4.83. The SMILES string of the molecule is CCOC(=O)C(C)(O)CN(N)Cc1ccc(-c2cc(Cl)ccc2F)cc1. The van der Waals surface area contributed by atoms with Crippen LogP contribution in [-0.2, 0) is 16.1 Å². The Balaban J connectivity index is 2.05. The maximum absolute atomic E-state index is 13.9. The molecule has 0 saturated heterocycles. The Morgan fingerprint density at radius 3 is 2.58 bits per heavy atom. The van der Waals surface area contributed by atoms with Crippen LogP contribution >= 0.6 is 11.6 Å². The van der Waals surface area contributed by atoms with Gasteiger partial charge in [-0.05, 0) is 43.2 Å². The van der Waals surface area contributed by atoms with E-state index >= 15 is 0 Å². The molecule has 0 spiro atoms. The van der Waals surface area contributed by atoms with Gasteiger partial charge in [0.15, 0.2) is 5.60 Å². The summed E-state index contributed by atoms with van der Waals surface area (Å²) >= 11 is 5.92. The lowest BCUT2D eigenvalue weighted by Crippen LogP contribution is -2.49. The first-order valence-corrected chi connectivity index (χ1v) is 8.54. The summed E-state index contributed by atoms with van der Waals surface area (Å²) < 4.78 is 18.8. The Kier molecular flexibility index (Phi) is 6.72. The number of benzene rings is 2. The maximum atomic E-state index is 13.9. The predicted molar refractivity (Wildman–Crippen MR) is 98.7 cm³/mol. The number of hydrogen-bond acceptors (Lipinski definition) is 5. The number of hydrazine groups is 1. The lowest BCUT2D eigenvalue weighted by molar-refractivity contribution is -0.165. The van der Waals surface area contributed by atoms with Gasteiger partial charge >= 0.3 is 5.97 Å². The maximum Gasteiger partial charge on any atom is 0.339 e. The monoisotopic (exact) mass is 380 g/mol. The molecule has 0 aliphatic rings. The van der Waals surface area contributed by atoms with Gasteiger partial charge in [-0.25, -0.2) is 14.2 Å². The van der Waals surface area contributed by atoms with Gasteiger partial charge in [0.1, 0.15) is 5.82 Å². The summed E-state index contributed by atoms with van der Waals surface area (Å²) in [5, 5.41) is 11.9. The summed E-state index contributed by atoms with van der Waals surface area (Å²) in [6, 6.07) is 11.5. The molecule has 0 aliphatic heterocycles. The molecule has 1 unspecified atom stereocenters. The van der Waals surface area contributed by atoms with Crippen LogP contribution in [0.5, 0.6) is 0 Å². The minimum absolute atomic E-state index is 0.0868. The van der Waals surface area contributed by atoms with Crippen LogP contribution in [-0.4, -0.2) is 34.8 Å². The fourth-order valence-electron chi connectivity index (χ4n) is 2.55. The smallest absolute Gasteiger partial charge is 0.339 e. The topological polar surface area (TPSA) is 75.8 Å². The highest BCUT2D eigenvalue weighted by atomic mass is 35.5. The van der Waals surface area contributed by atoms with E-state index in [1.165, 1.54) is 24.1 Å². The third-order valence-electron chi connectivity index (χ3n) is 3.81. The van der Waals surface area contributed by atoms with Crippen molar-refractivity contribution in [3.8, 4) is 11.1 Å². The lowest BCUT2D eigenvalue weighted by Gasteiger charge is -2.26. The Morgan fingerprint density at radius 1 is 1.31 bits per heavy atom. The number of rotatable bonds is 7. The number of aliphatic hydroxyl groups is 1. The largest absolute Gasteiger partial charge is 0.464 e. The fraction of sp³-hybridized carbons (Fsp3) is 0.316. The van der Waals surface area contributed by atoms with Crippen LogP contribution < -0.4 is 5.84 Å². The molecular formula is C19H22ClFN2O3. The zero-order valence-electron chi connectivity index (χ0n) is 14.7. The molecule has 0 heterocycles. The highest BCUT2D eigenvalue weighted by molar-refractivity contribution is 6.30. The van der Waals surface area contributed by atoms with Crippen molar-refractivity contribution in [2.75, 3.05) is 13.2 Å². The first-order chi connectivity index (χ1) is 12.2. The third kappa shape index (κ3) is 5.25. The number of nitrogens with zero attached hydrogens (tertiary/aromatic N) is 1. The van der Waals surface area contributed by atoms with E-state index in [0.29, 0.717) is 22.7 Å². The number of hydrogen-bond donors (Lipinski definition) is 2. The van der Waals surface area contributed by atoms with E-state index < -0.39 is 11.6 Å². The van der Waals surface area contributed by atoms with Gasteiger partial charge < -0.3 is 9.84 Å². The molecule has 0 aromatic heterocycles. The van der Waals surface area contributed by atoms with Crippen LogP contribution in [0.1, 0.15) is 19.4 Å². The zero-order chi connectivity index (χ0) is 19.3. The molecule has 0 amide bonds. The van der Waals surface area contributed by atoms with Crippen molar-refractivity contribution >= 4 is 17.6 Å². The quantitative estimate of drug-likeness (QED) is 0.438. The molecule has 0 fully saturated rings. The van der Waals surface area contributed by atoms with Gasteiger partial charge in [-0.3, -0.25) is 5.84 Å². The summed E-state index contributed by atoms with van der Waals surface area (Å²) in [6.07, 6.45) is 0. The number of halogens is 2. The fourth-order valence-corrected chi connectivity index (χ4v) is 2.72. The van der Waals surface area contributed by atoms with Gasteiger partial charge in [0.25, 0.3) is 0 Å². The van der Waals surface area contributed by atoms with E-state index in [1.54, 1.807) is 37.3 Å². The molecule has 7 heteroatoms. The first-order valence-electron chi connectivity index (χ1n) is 8.16. The van der Waals surface area contributed by atoms with Crippen LogP contribution in [0.4, 0.5) is 4.39 Å². The van der Waals surface area contributed by atoms with Crippen molar-refractivity contribution in [1.29, 1.82) is 0 Å². The summed E-state index contributed by atoms with van der Waals surface area (Å²) in [4.78, 5) is 11.7. The summed E-state index contributed by atoms with van der Waals surface area (Å²) in [6.45, 7) is 3.42. The Labute approximate surface area is 157 Å². The van der Waals surface area contributed by atoms with Crippen molar-refractivity contribution in [3.63, 3.8) is 0 Å². The molecule has 2 aromatic carbocycles. The molecule has 1 atom stereocenters. The standard InChI is InChI=1S/C19H22ClFN2O3/c1-3-26-18(24)19(2,25)12-23(22)11-13-4-6-14(7-5-13)16-10-15(20)8-9-17(16)21/h4-10,25H,3,11-12,22H2,1-2H3. The van der Waals surface area contributed by atoms with Crippen LogP contribution in [0.25, 0.3) is 11.1 Å². The van der Waals surface area contributed by atoms with E-state index in [4.69, 9.17) is 22.2 Å². The van der Waals surface area contributed by atoms with E-state index in [9.17, 15) is 14.3 Å². The molecule has 140 valence electrons. The number of carbonyl (C=O) groups excluding carboxylic acids is 1. The molecule has 0 radical (unpaired) electrons. The third-order valence-corrected chi connectivity index (χ3v) is 4.04. The number of carbonyl (C=O) groups is 1. The second-order valence-electron chi connectivity index (χ2n) is 6.22. The van der Waals surface area contributed by atoms with E-state index in [1.807, 2.05) is 0 Å². The molecule has 5 nitrogen and oxygen atoms in total. The molecular weight excluding hydrogens is 359 g/mol. The molecule has 0 aliphatic carbocycles. The van der Waals surface area contributed by atoms with Crippen molar-refractivity contribution in [2.24, 2.45) is 5.84 Å². The van der Waals surface area contributed by atoms with Crippen molar-refractivity contribution in [2.45, 2.75) is 26.0 Å². The van der Waals surface area contributed by atoms with Gasteiger partial charge in [-0.15, -0.1) is 0 Å². The predicted octanol–water partition coefficient (Wildman–Crippen LogP) is 3.14. The van der Waals surface area contributed by atoms with Gasteiger partial charge in [0.2, 0.25) is 0 Å². The highest BCUT2D eigenvalue weighted by Gasteiger charge is 2.33.